The highest BCUT2D eigenvalue weighted by Crippen LogP contribution is 2.18. The summed E-state index contributed by atoms with van der Waals surface area (Å²) >= 11 is 0. The van der Waals surface area contributed by atoms with Gasteiger partial charge in [0.25, 0.3) is 0 Å². The van der Waals surface area contributed by atoms with Gasteiger partial charge in [-0.3, -0.25) is 0 Å². The average Bonchev–Trinajstić information content (AvgIpc) is 2.19. The molecule has 0 aliphatic rings. The highest BCUT2D eigenvalue weighted by molar-refractivity contribution is 5.28. The Balaban J connectivity index is 2.53. The molecule has 1 aromatic rings. The molecule has 0 unspecified atom stereocenters. The predicted molar refractivity (Wildman–Crippen MR) is 60.3 cm³/mol. The summed E-state index contributed by atoms with van der Waals surface area (Å²) in [5.74, 6) is 1.48. The molecule has 0 aromatic heterocycles. The minimum absolute atomic E-state index is 0.665. The number of para-hydroxylation sites is 1. The van der Waals surface area contributed by atoms with Crippen LogP contribution in [0.3, 0.4) is 0 Å². The fourth-order valence-corrected chi connectivity index (χ4v) is 1.14. The van der Waals surface area contributed by atoms with Crippen molar-refractivity contribution in [3.63, 3.8) is 0 Å². The Morgan fingerprint density at radius 1 is 1.21 bits per heavy atom. The van der Waals surface area contributed by atoms with Gasteiger partial charge in [-0.1, -0.05) is 44.7 Å². The molecular formula is C13H16O. The van der Waals surface area contributed by atoms with E-state index < -0.39 is 0 Å². The van der Waals surface area contributed by atoms with E-state index in [2.05, 4.69) is 20.1 Å². The molecule has 0 aliphatic heterocycles. The van der Waals surface area contributed by atoms with Crippen molar-refractivity contribution in [1.29, 1.82) is 0 Å². The monoisotopic (exact) mass is 188 g/mol. The molecule has 0 fully saturated rings. The average molecular weight is 188 g/mol. The van der Waals surface area contributed by atoms with Crippen LogP contribution >= 0.6 is 0 Å². The maximum atomic E-state index is 5.53. The lowest BCUT2D eigenvalue weighted by molar-refractivity contribution is 0.434. The minimum Gasteiger partial charge on any atom is -0.458 e. The molecule has 1 nitrogen and oxygen atoms in total. The molecular weight excluding hydrogens is 172 g/mol. The standard InChI is InChI=1S/C13H16O/c1-4-8-11(2)12(3)14-13-9-6-5-7-10-13/h5-7,9-10H,2-4,8H2,1H3. The van der Waals surface area contributed by atoms with E-state index in [0.29, 0.717) is 5.76 Å². The number of rotatable bonds is 5. The van der Waals surface area contributed by atoms with Gasteiger partial charge in [-0.2, -0.15) is 0 Å². The third-order valence-electron chi connectivity index (χ3n) is 1.93. The van der Waals surface area contributed by atoms with E-state index in [1.807, 2.05) is 30.3 Å². The molecule has 0 saturated carbocycles. The zero-order chi connectivity index (χ0) is 10.4. The molecule has 0 N–H and O–H groups in total. The van der Waals surface area contributed by atoms with Gasteiger partial charge in [0.15, 0.2) is 0 Å². The van der Waals surface area contributed by atoms with Crippen molar-refractivity contribution in [3.05, 3.63) is 54.8 Å². The second-order valence-electron chi connectivity index (χ2n) is 3.19. The molecule has 0 spiro atoms. The van der Waals surface area contributed by atoms with Crippen molar-refractivity contribution in [2.75, 3.05) is 0 Å². The van der Waals surface area contributed by atoms with Gasteiger partial charge >= 0.3 is 0 Å². The molecule has 1 heteroatoms. The number of benzene rings is 1. The zero-order valence-corrected chi connectivity index (χ0v) is 8.62. The SMILES string of the molecule is C=C(CCC)C(=C)Oc1ccccc1. The van der Waals surface area contributed by atoms with Gasteiger partial charge in [-0.15, -0.1) is 0 Å². The first kappa shape index (κ1) is 10.6. The Morgan fingerprint density at radius 2 is 1.86 bits per heavy atom. The Bertz CT molecular complexity index is 311. The maximum Gasteiger partial charge on any atom is 0.127 e. The molecule has 14 heavy (non-hydrogen) atoms. The lowest BCUT2D eigenvalue weighted by Gasteiger charge is -2.09. The van der Waals surface area contributed by atoms with Crippen LogP contribution in [0.4, 0.5) is 0 Å². The van der Waals surface area contributed by atoms with E-state index in [1.54, 1.807) is 0 Å². The summed E-state index contributed by atoms with van der Waals surface area (Å²) in [5, 5.41) is 0. The van der Waals surface area contributed by atoms with Crippen molar-refractivity contribution in [2.45, 2.75) is 19.8 Å². The fourth-order valence-electron chi connectivity index (χ4n) is 1.14. The van der Waals surface area contributed by atoms with Gasteiger partial charge < -0.3 is 4.74 Å². The van der Waals surface area contributed by atoms with Gasteiger partial charge in [0, 0.05) is 0 Å². The van der Waals surface area contributed by atoms with E-state index in [4.69, 9.17) is 4.74 Å². The van der Waals surface area contributed by atoms with Gasteiger partial charge in [0.05, 0.1) is 0 Å². The first-order valence-corrected chi connectivity index (χ1v) is 4.84. The normalized spacial score (nSPS) is 9.50. The van der Waals surface area contributed by atoms with Crippen molar-refractivity contribution >= 4 is 0 Å². The second-order valence-corrected chi connectivity index (χ2v) is 3.19. The quantitative estimate of drug-likeness (QED) is 0.502. The summed E-state index contributed by atoms with van der Waals surface area (Å²) in [6.45, 7) is 9.87. The Hall–Kier alpha value is -1.50. The van der Waals surface area contributed by atoms with Crippen molar-refractivity contribution in [2.24, 2.45) is 0 Å². The van der Waals surface area contributed by atoms with Crippen molar-refractivity contribution in [3.8, 4) is 5.75 Å². The Labute approximate surface area is 85.7 Å². The van der Waals surface area contributed by atoms with Crippen LogP contribution in [-0.2, 0) is 0 Å². The number of allylic oxidation sites excluding steroid dienone is 1. The van der Waals surface area contributed by atoms with Crippen LogP contribution < -0.4 is 4.74 Å². The summed E-state index contributed by atoms with van der Waals surface area (Å²) in [5.41, 5.74) is 0.969. The predicted octanol–water partition coefficient (Wildman–Crippen LogP) is 3.94. The number of hydrogen-bond donors (Lipinski definition) is 0. The maximum absolute atomic E-state index is 5.53. The van der Waals surface area contributed by atoms with Crippen LogP contribution in [0, 0.1) is 0 Å². The smallest absolute Gasteiger partial charge is 0.127 e. The molecule has 0 amide bonds. The summed E-state index contributed by atoms with van der Waals surface area (Å²) < 4.78 is 5.53. The van der Waals surface area contributed by atoms with E-state index in [9.17, 15) is 0 Å². The van der Waals surface area contributed by atoms with Gasteiger partial charge in [-0.05, 0) is 24.1 Å². The van der Waals surface area contributed by atoms with Crippen LogP contribution in [-0.4, -0.2) is 0 Å². The molecule has 0 saturated heterocycles. The van der Waals surface area contributed by atoms with Gasteiger partial charge in [0.2, 0.25) is 0 Å². The highest BCUT2D eigenvalue weighted by atomic mass is 16.5. The fraction of sp³-hybridized carbons (Fsp3) is 0.231. The topological polar surface area (TPSA) is 9.23 Å². The van der Waals surface area contributed by atoms with E-state index in [0.717, 1.165) is 24.2 Å². The van der Waals surface area contributed by atoms with Gasteiger partial charge in [-0.25, -0.2) is 0 Å². The minimum atomic E-state index is 0.665. The summed E-state index contributed by atoms with van der Waals surface area (Å²) in [6, 6.07) is 9.64. The molecule has 0 aliphatic carbocycles. The largest absolute Gasteiger partial charge is 0.458 e. The third kappa shape index (κ3) is 3.09. The van der Waals surface area contributed by atoms with Crippen LogP contribution in [0.2, 0.25) is 0 Å². The third-order valence-corrected chi connectivity index (χ3v) is 1.93. The Morgan fingerprint density at radius 3 is 2.43 bits per heavy atom. The summed E-state index contributed by atoms with van der Waals surface area (Å²) in [7, 11) is 0. The lowest BCUT2D eigenvalue weighted by Crippen LogP contribution is -1.96. The second kappa shape index (κ2) is 5.28. The van der Waals surface area contributed by atoms with Crippen LogP contribution in [0.1, 0.15) is 19.8 Å². The van der Waals surface area contributed by atoms with Crippen molar-refractivity contribution in [1.82, 2.24) is 0 Å². The van der Waals surface area contributed by atoms with Crippen molar-refractivity contribution < 1.29 is 4.74 Å². The van der Waals surface area contributed by atoms with Gasteiger partial charge in [0.1, 0.15) is 11.5 Å². The molecule has 0 heterocycles. The van der Waals surface area contributed by atoms with Crippen LogP contribution in [0.5, 0.6) is 5.75 Å². The first-order valence-electron chi connectivity index (χ1n) is 4.84. The molecule has 0 radical (unpaired) electrons. The molecule has 0 bridgehead atoms. The van der Waals surface area contributed by atoms with Crippen LogP contribution in [0.15, 0.2) is 54.8 Å². The molecule has 1 aromatic carbocycles. The molecule has 74 valence electrons. The lowest BCUT2D eigenvalue weighted by atomic mass is 10.1. The Kier molecular flexibility index (Phi) is 3.99. The summed E-state index contributed by atoms with van der Waals surface area (Å²) in [6.07, 6.45) is 2.00. The number of ether oxygens (including phenoxy) is 1. The number of hydrogen-bond acceptors (Lipinski definition) is 1. The first-order chi connectivity index (χ1) is 6.74. The molecule has 0 atom stereocenters. The van der Waals surface area contributed by atoms with E-state index >= 15 is 0 Å². The zero-order valence-electron chi connectivity index (χ0n) is 8.62. The highest BCUT2D eigenvalue weighted by Gasteiger charge is 2.01. The van der Waals surface area contributed by atoms with Crippen LogP contribution in [0.25, 0.3) is 0 Å². The summed E-state index contributed by atoms with van der Waals surface area (Å²) in [4.78, 5) is 0. The van der Waals surface area contributed by atoms with E-state index in [1.165, 1.54) is 0 Å². The van der Waals surface area contributed by atoms with E-state index in [-0.39, 0.29) is 0 Å². The molecule has 1 rings (SSSR count).